The highest BCUT2D eigenvalue weighted by atomic mass is 32.2. The molecule has 0 bridgehead atoms. The molecule has 0 aromatic heterocycles. The van der Waals surface area contributed by atoms with E-state index in [0.717, 1.165) is 4.31 Å². The molecule has 1 atom stereocenters. The fourth-order valence-electron chi connectivity index (χ4n) is 2.10. The van der Waals surface area contributed by atoms with E-state index in [2.05, 4.69) is 0 Å². The molecule has 5 nitrogen and oxygen atoms in total. The molecule has 0 N–H and O–H groups in total. The molecule has 1 aliphatic heterocycles. The molecule has 0 saturated carbocycles. The number of sulfonamides is 1. The third kappa shape index (κ3) is 2.26. The minimum atomic E-state index is -3.76. The van der Waals surface area contributed by atoms with Crippen molar-refractivity contribution in [1.82, 2.24) is 4.31 Å². The molecular weight excluding hydrogens is 254 g/mol. The molecular formula is C12H15NO4S. The molecule has 6 heteroatoms. The Morgan fingerprint density at radius 3 is 2.61 bits per heavy atom. The standard InChI is InChI=1S/C12H15NO4S/c1-17-9-10-7-8-12(14)13(10)18(15,16)11-5-3-2-4-6-11/h2-6,10H,7-9H2,1H3. The molecule has 0 spiro atoms. The fourth-order valence-corrected chi connectivity index (χ4v) is 3.75. The van der Waals surface area contributed by atoms with Gasteiger partial charge in [0.15, 0.2) is 0 Å². The Morgan fingerprint density at radius 1 is 1.33 bits per heavy atom. The van der Waals surface area contributed by atoms with Gasteiger partial charge in [-0.2, -0.15) is 0 Å². The SMILES string of the molecule is COCC1CCC(=O)N1S(=O)(=O)c1ccccc1. The van der Waals surface area contributed by atoms with Crippen molar-refractivity contribution in [1.29, 1.82) is 0 Å². The smallest absolute Gasteiger partial charge is 0.266 e. The van der Waals surface area contributed by atoms with Gasteiger partial charge in [0.1, 0.15) is 0 Å². The average molecular weight is 269 g/mol. The Hall–Kier alpha value is -1.40. The topological polar surface area (TPSA) is 63.7 Å². The van der Waals surface area contributed by atoms with E-state index < -0.39 is 16.1 Å². The van der Waals surface area contributed by atoms with E-state index in [4.69, 9.17) is 4.74 Å². The monoisotopic (exact) mass is 269 g/mol. The van der Waals surface area contributed by atoms with Crippen LogP contribution in [0.3, 0.4) is 0 Å². The van der Waals surface area contributed by atoms with Crippen LogP contribution in [0, 0.1) is 0 Å². The van der Waals surface area contributed by atoms with Gasteiger partial charge in [-0.05, 0) is 18.6 Å². The summed E-state index contributed by atoms with van der Waals surface area (Å²) in [7, 11) is -2.26. The number of hydrogen-bond donors (Lipinski definition) is 0. The average Bonchev–Trinajstić information content (AvgIpc) is 2.73. The maximum Gasteiger partial charge on any atom is 0.266 e. The van der Waals surface area contributed by atoms with Gasteiger partial charge in [0.2, 0.25) is 5.91 Å². The zero-order valence-electron chi connectivity index (χ0n) is 10.1. The quantitative estimate of drug-likeness (QED) is 0.818. The Balaban J connectivity index is 2.37. The number of nitrogens with zero attached hydrogens (tertiary/aromatic N) is 1. The molecule has 2 rings (SSSR count). The van der Waals surface area contributed by atoms with Gasteiger partial charge in [-0.25, -0.2) is 12.7 Å². The Morgan fingerprint density at radius 2 is 2.00 bits per heavy atom. The van der Waals surface area contributed by atoms with Crippen LogP contribution in [0.4, 0.5) is 0 Å². The summed E-state index contributed by atoms with van der Waals surface area (Å²) < 4.78 is 30.7. The zero-order chi connectivity index (χ0) is 13.2. The van der Waals surface area contributed by atoms with E-state index in [-0.39, 0.29) is 23.8 Å². The minimum Gasteiger partial charge on any atom is -0.383 e. The molecule has 1 unspecified atom stereocenters. The molecule has 1 aromatic carbocycles. The van der Waals surface area contributed by atoms with E-state index in [1.165, 1.54) is 19.2 Å². The summed E-state index contributed by atoms with van der Waals surface area (Å²) >= 11 is 0. The van der Waals surface area contributed by atoms with Crippen LogP contribution in [-0.4, -0.2) is 38.4 Å². The summed E-state index contributed by atoms with van der Waals surface area (Å²) in [5.74, 6) is -0.360. The summed E-state index contributed by atoms with van der Waals surface area (Å²) in [6, 6.07) is 7.60. The van der Waals surface area contributed by atoms with E-state index in [0.29, 0.717) is 6.42 Å². The van der Waals surface area contributed by atoms with Gasteiger partial charge in [0, 0.05) is 13.5 Å². The van der Waals surface area contributed by atoms with Crippen LogP contribution < -0.4 is 0 Å². The summed E-state index contributed by atoms with van der Waals surface area (Å²) in [4.78, 5) is 11.9. The first-order chi connectivity index (χ1) is 8.57. The van der Waals surface area contributed by atoms with Gasteiger partial charge in [0.05, 0.1) is 17.5 Å². The van der Waals surface area contributed by atoms with Crippen molar-refractivity contribution in [3.8, 4) is 0 Å². The molecule has 0 radical (unpaired) electrons. The van der Waals surface area contributed by atoms with Crippen LogP contribution in [0.2, 0.25) is 0 Å². The molecule has 1 amide bonds. The molecule has 1 saturated heterocycles. The van der Waals surface area contributed by atoms with Crippen LogP contribution in [0.5, 0.6) is 0 Å². The first kappa shape index (κ1) is 13.0. The van der Waals surface area contributed by atoms with Crippen molar-refractivity contribution in [2.24, 2.45) is 0 Å². The second-order valence-electron chi connectivity index (χ2n) is 4.16. The van der Waals surface area contributed by atoms with E-state index in [1.54, 1.807) is 18.2 Å². The van der Waals surface area contributed by atoms with Crippen molar-refractivity contribution < 1.29 is 17.9 Å². The van der Waals surface area contributed by atoms with Crippen LogP contribution in [0.1, 0.15) is 12.8 Å². The number of amides is 1. The number of hydrogen-bond acceptors (Lipinski definition) is 4. The lowest BCUT2D eigenvalue weighted by molar-refractivity contribution is -0.124. The predicted molar refractivity (Wildman–Crippen MR) is 65.4 cm³/mol. The summed E-state index contributed by atoms with van der Waals surface area (Å²) in [5.41, 5.74) is 0. The van der Waals surface area contributed by atoms with Crippen LogP contribution in [0.15, 0.2) is 35.2 Å². The Kier molecular flexibility index (Phi) is 3.68. The second kappa shape index (κ2) is 5.07. The molecule has 1 heterocycles. The number of carbonyl (C=O) groups excluding carboxylic acids is 1. The maximum atomic E-state index is 12.4. The summed E-state index contributed by atoms with van der Waals surface area (Å²) in [5, 5.41) is 0. The molecule has 1 aliphatic rings. The number of rotatable bonds is 4. The van der Waals surface area contributed by atoms with Crippen LogP contribution in [-0.2, 0) is 19.6 Å². The second-order valence-corrected chi connectivity index (χ2v) is 5.97. The van der Waals surface area contributed by atoms with Gasteiger partial charge in [-0.15, -0.1) is 0 Å². The summed E-state index contributed by atoms with van der Waals surface area (Å²) in [6.45, 7) is 0.234. The first-order valence-electron chi connectivity index (χ1n) is 5.68. The van der Waals surface area contributed by atoms with Crippen LogP contribution in [0.25, 0.3) is 0 Å². The lowest BCUT2D eigenvalue weighted by Gasteiger charge is -2.23. The normalized spacial score (nSPS) is 20.4. The van der Waals surface area contributed by atoms with Crippen molar-refractivity contribution in [2.75, 3.05) is 13.7 Å². The zero-order valence-corrected chi connectivity index (χ0v) is 10.9. The molecule has 1 aromatic rings. The van der Waals surface area contributed by atoms with E-state index in [9.17, 15) is 13.2 Å². The van der Waals surface area contributed by atoms with E-state index in [1.807, 2.05) is 0 Å². The molecule has 1 fully saturated rings. The van der Waals surface area contributed by atoms with Crippen molar-refractivity contribution >= 4 is 15.9 Å². The maximum absolute atomic E-state index is 12.4. The third-order valence-corrected chi connectivity index (χ3v) is 4.82. The van der Waals surface area contributed by atoms with Gasteiger partial charge in [-0.1, -0.05) is 18.2 Å². The number of benzene rings is 1. The van der Waals surface area contributed by atoms with Gasteiger partial charge >= 0.3 is 0 Å². The van der Waals surface area contributed by atoms with Crippen molar-refractivity contribution in [3.05, 3.63) is 30.3 Å². The number of methoxy groups -OCH3 is 1. The largest absolute Gasteiger partial charge is 0.383 e. The summed E-state index contributed by atoms with van der Waals surface area (Å²) in [6.07, 6.45) is 0.763. The first-order valence-corrected chi connectivity index (χ1v) is 7.12. The highest BCUT2D eigenvalue weighted by Crippen LogP contribution is 2.27. The fraction of sp³-hybridized carbons (Fsp3) is 0.417. The van der Waals surface area contributed by atoms with E-state index >= 15 is 0 Å². The number of ether oxygens (including phenoxy) is 1. The molecule has 18 heavy (non-hydrogen) atoms. The van der Waals surface area contributed by atoms with Crippen LogP contribution >= 0.6 is 0 Å². The minimum absolute atomic E-state index is 0.140. The van der Waals surface area contributed by atoms with Gasteiger partial charge < -0.3 is 4.74 Å². The lowest BCUT2D eigenvalue weighted by Crippen LogP contribution is -2.40. The predicted octanol–water partition coefficient (Wildman–Crippen LogP) is 1.01. The number of carbonyl (C=O) groups is 1. The van der Waals surface area contributed by atoms with Crippen molar-refractivity contribution in [2.45, 2.75) is 23.8 Å². The molecule has 98 valence electrons. The van der Waals surface area contributed by atoms with Gasteiger partial charge in [0.25, 0.3) is 10.0 Å². The van der Waals surface area contributed by atoms with Gasteiger partial charge in [-0.3, -0.25) is 4.79 Å². The Bertz CT molecular complexity index is 526. The third-order valence-electron chi connectivity index (χ3n) is 2.93. The Labute approximate surface area is 106 Å². The molecule has 0 aliphatic carbocycles. The highest BCUT2D eigenvalue weighted by Gasteiger charge is 2.40. The lowest BCUT2D eigenvalue weighted by atomic mass is 10.2. The highest BCUT2D eigenvalue weighted by molar-refractivity contribution is 7.89. The van der Waals surface area contributed by atoms with Crippen molar-refractivity contribution in [3.63, 3.8) is 0 Å².